The second-order valence-electron chi connectivity index (χ2n) is 3.33. The molecule has 0 spiro atoms. The van der Waals surface area contributed by atoms with Crippen molar-refractivity contribution < 1.29 is 4.52 Å². The number of hydrogen-bond donors (Lipinski definition) is 1. The molecule has 0 aromatic carbocycles. The molecule has 2 aromatic rings. The van der Waals surface area contributed by atoms with Crippen molar-refractivity contribution in [1.82, 2.24) is 15.1 Å². The molecule has 0 fully saturated rings. The summed E-state index contributed by atoms with van der Waals surface area (Å²) in [6.45, 7) is 4.40. The van der Waals surface area contributed by atoms with Gasteiger partial charge in [0.1, 0.15) is 23.6 Å². The summed E-state index contributed by atoms with van der Waals surface area (Å²) in [6.07, 6.45) is 1.53. The van der Waals surface area contributed by atoms with E-state index in [0.29, 0.717) is 6.54 Å². The highest BCUT2D eigenvalue weighted by molar-refractivity contribution is 5.34. The van der Waals surface area contributed by atoms with Crippen molar-refractivity contribution in [3.05, 3.63) is 35.6 Å². The van der Waals surface area contributed by atoms with Gasteiger partial charge in [-0.25, -0.2) is 9.97 Å². The van der Waals surface area contributed by atoms with E-state index < -0.39 is 0 Å². The van der Waals surface area contributed by atoms with Crippen molar-refractivity contribution in [1.29, 1.82) is 0 Å². The Balaban J connectivity index is 1.99. The lowest BCUT2D eigenvalue weighted by molar-refractivity contribution is 0.391. The van der Waals surface area contributed by atoms with Crippen LogP contribution in [0.2, 0.25) is 0 Å². The molecule has 2 heterocycles. The standard InChI is InChI=1S/C10H12N4O/c1-7-3-10(13-6-12-7)11-5-9-4-8(2)15-14-9/h3-4,6H,5H2,1-2H3,(H,11,12,13). The Morgan fingerprint density at radius 2 is 2.13 bits per heavy atom. The lowest BCUT2D eigenvalue weighted by Crippen LogP contribution is -2.02. The largest absolute Gasteiger partial charge is 0.364 e. The third-order valence-electron chi connectivity index (χ3n) is 1.93. The molecule has 5 nitrogen and oxygen atoms in total. The number of hydrogen-bond acceptors (Lipinski definition) is 5. The Morgan fingerprint density at radius 1 is 1.27 bits per heavy atom. The fourth-order valence-electron chi connectivity index (χ4n) is 1.23. The molecule has 0 amide bonds. The van der Waals surface area contributed by atoms with E-state index in [1.54, 1.807) is 0 Å². The minimum Gasteiger partial charge on any atom is -0.364 e. The zero-order valence-electron chi connectivity index (χ0n) is 8.69. The predicted octanol–water partition coefficient (Wildman–Crippen LogP) is 1.69. The Labute approximate surface area is 87.5 Å². The van der Waals surface area contributed by atoms with Crippen molar-refractivity contribution in [3.63, 3.8) is 0 Å². The molecular formula is C10H12N4O. The summed E-state index contributed by atoms with van der Waals surface area (Å²) in [7, 11) is 0. The number of nitrogens with one attached hydrogen (secondary N) is 1. The van der Waals surface area contributed by atoms with Crippen LogP contribution in [-0.2, 0) is 6.54 Å². The highest BCUT2D eigenvalue weighted by Crippen LogP contribution is 2.06. The van der Waals surface area contributed by atoms with E-state index in [1.165, 1.54) is 6.33 Å². The Morgan fingerprint density at radius 3 is 2.80 bits per heavy atom. The second kappa shape index (κ2) is 4.08. The summed E-state index contributed by atoms with van der Waals surface area (Å²) in [5.41, 5.74) is 1.80. The first-order valence-corrected chi connectivity index (χ1v) is 4.69. The quantitative estimate of drug-likeness (QED) is 0.824. The minimum absolute atomic E-state index is 0.605. The molecule has 2 aromatic heterocycles. The fraction of sp³-hybridized carbons (Fsp3) is 0.300. The maximum absolute atomic E-state index is 4.95. The Hall–Kier alpha value is -1.91. The minimum atomic E-state index is 0.605. The number of anilines is 1. The van der Waals surface area contributed by atoms with Gasteiger partial charge in [0.25, 0.3) is 0 Å². The van der Waals surface area contributed by atoms with E-state index >= 15 is 0 Å². The number of aryl methyl sites for hydroxylation is 2. The van der Waals surface area contributed by atoms with Gasteiger partial charge >= 0.3 is 0 Å². The van der Waals surface area contributed by atoms with E-state index in [4.69, 9.17) is 4.52 Å². The van der Waals surface area contributed by atoms with Crippen LogP contribution in [0, 0.1) is 13.8 Å². The molecule has 0 unspecified atom stereocenters. The van der Waals surface area contributed by atoms with Crippen LogP contribution in [0.3, 0.4) is 0 Å². The molecule has 15 heavy (non-hydrogen) atoms. The molecule has 0 saturated heterocycles. The highest BCUT2D eigenvalue weighted by atomic mass is 16.5. The third-order valence-corrected chi connectivity index (χ3v) is 1.93. The van der Waals surface area contributed by atoms with E-state index in [2.05, 4.69) is 20.4 Å². The summed E-state index contributed by atoms with van der Waals surface area (Å²) in [5.74, 6) is 1.61. The lowest BCUT2D eigenvalue weighted by atomic mass is 10.3. The van der Waals surface area contributed by atoms with E-state index in [0.717, 1.165) is 23.0 Å². The van der Waals surface area contributed by atoms with E-state index in [-0.39, 0.29) is 0 Å². The molecule has 0 aliphatic carbocycles. The van der Waals surface area contributed by atoms with Gasteiger partial charge < -0.3 is 9.84 Å². The van der Waals surface area contributed by atoms with Crippen LogP contribution in [0.25, 0.3) is 0 Å². The molecule has 1 N–H and O–H groups in total. The predicted molar refractivity (Wildman–Crippen MR) is 55.3 cm³/mol. The van der Waals surface area contributed by atoms with Crippen molar-refractivity contribution in [3.8, 4) is 0 Å². The van der Waals surface area contributed by atoms with Gasteiger partial charge in [-0.15, -0.1) is 0 Å². The van der Waals surface area contributed by atoms with Gasteiger partial charge in [-0.2, -0.15) is 0 Å². The van der Waals surface area contributed by atoms with E-state index in [1.807, 2.05) is 26.0 Å². The summed E-state index contributed by atoms with van der Waals surface area (Å²) in [4.78, 5) is 8.09. The number of rotatable bonds is 3. The topological polar surface area (TPSA) is 63.8 Å². The molecule has 0 saturated carbocycles. The molecule has 0 aliphatic heterocycles. The smallest absolute Gasteiger partial charge is 0.133 e. The van der Waals surface area contributed by atoms with Crippen LogP contribution in [0.15, 0.2) is 23.0 Å². The SMILES string of the molecule is Cc1cc(NCc2cc(C)on2)ncn1. The van der Waals surface area contributed by atoms with Crippen molar-refractivity contribution in [2.75, 3.05) is 5.32 Å². The highest BCUT2D eigenvalue weighted by Gasteiger charge is 2.00. The van der Waals surface area contributed by atoms with Crippen molar-refractivity contribution >= 4 is 5.82 Å². The summed E-state index contributed by atoms with van der Waals surface area (Å²) in [5, 5.41) is 7.01. The molecule has 0 atom stereocenters. The van der Waals surface area contributed by atoms with Crippen LogP contribution in [0.4, 0.5) is 5.82 Å². The molecule has 0 radical (unpaired) electrons. The van der Waals surface area contributed by atoms with Gasteiger partial charge in [0.15, 0.2) is 0 Å². The van der Waals surface area contributed by atoms with Crippen molar-refractivity contribution in [2.45, 2.75) is 20.4 Å². The van der Waals surface area contributed by atoms with Gasteiger partial charge in [0, 0.05) is 17.8 Å². The lowest BCUT2D eigenvalue weighted by Gasteiger charge is -2.02. The number of aromatic nitrogens is 3. The Kier molecular flexibility index (Phi) is 2.62. The van der Waals surface area contributed by atoms with Gasteiger partial charge in [0.2, 0.25) is 0 Å². The summed E-state index contributed by atoms with van der Waals surface area (Å²) in [6, 6.07) is 3.77. The average molecular weight is 204 g/mol. The van der Waals surface area contributed by atoms with Crippen LogP contribution >= 0.6 is 0 Å². The molecule has 78 valence electrons. The molecular weight excluding hydrogens is 192 g/mol. The molecule has 2 rings (SSSR count). The Bertz CT molecular complexity index is 452. The zero-order valence-corrected chi connectivity index (χ0v) is 8.69. The first kappa shape index (κ1) is 9.64. The zero-order chi connectivity index (χ0) is 10.7. The monoisotopic (exact) mass is 204 g/mol. The van der Waals surface area contributed by atoms with Gasteiger partial charge in [0.05, 0.1) is 6.54 Å². The third kappa shape index (κ3) is 2.52. The first-order valence-electron chi connectivity index (χ1n) is 4.69. The average Bonchev–Trinajstić information content (AvgIpc) is 2.62. The number of nitrogens with zero attached hydrogens (tertiary/aromatic N) is 3. The molecule has 0 aliphatic rings. The van der Waals surface area contributed by atoms with Gasteiger partial charge in [-0.1, -0.05) is 5.16 Å². The maximum Gasteiger partial charge on any atom is 0.133 e. The van der Waals surface area contributed by atoms with Gasteiger partial charge in [-0.05, 0) is 13.8 Å². The summed E-state index contributed by atoms with van der Waals surface area (Å²) < 4.78 is 4.95. The maximum atomic E-state index is 4.95. The van der Waals surface area contributed by atoms with Crippen LogP contribution in [-0.4, -0.2) is 15.1 Å². The van der Waals surface area contributed by atoms with E-state index in [9.17, 15) is 0 Å². The fourth-order valence-corrected chi connectivity index (χ4v) is 1.23. The van der Waals surface area contributed by atoms with Crippen LogP contribution in [0.1, 0.15) is 17.1 Å². The van der Waals surface area contributed by atoms with Crippen LogP contribution in [0.5, 0.6) is 0 Å². The van der Waals surface area contributed by atoms with Crippen LogP contribution < -0.4 is 5.32 Å². The molecule has 5 heteroatoms. The normalized spacial score (nSPS) is 10.3. The first-order chi connectivity index (χ1) is 7.24. The second-order valence-corrected chi connectivity index (χ2v) is 3.33. The van der Waals surface area contributed by atoms with Crippen molar-refractivity contribution in [2.24, 2.45) is 0 Å². The summed E-state index contributed by atoms with van der Waals surface area (Å²) >= 11 is 0. The molecule has 0 bridgehead atoms. The van der Waals surface area contributed by atoms with Gasteiger partial charge in [-0.3, -0.25) is 0 Å².